The maximum absolute atomic E-state index is 13.9. The Balaban J connectivity index is 0.00000289. The smallest absolute Gasteiger partial charge is 0.252 e. The second-order valence-electron chi connectivity index (χ2n) is 9.18. The van der Waals surface area contributed by atoms with Gasteiger partial charge in [0.15, 0.2) is 0 Å². The minimum absolute atomic E-state index is 0. The molecule has 0 radical (unpaired) electrons. The van der Waals surface area contributed by atoms with E-state index in [1.165, 1.54) is 4.31 Å². The molecule has 2 aromatic carbocycles. The van der Waals surface area contributed by atoms with E-state index in [0.29, 0.717) is 30.8 Å². The molecule has 0 amide bonds. The number of hydrogen-bond acceptors (Lipinski definition) is 6. The Hall–Kier alpha value is -2.59. The molecule has 8 nitrogen and oxygen atoms in total. The third kappa shape index (κ3) is 4.65. The fourth-order valence-corrected chi connectivity index (χ4v) is 6.66. The third-order valence-electron chi connectivity index (χ3n) is 6.94. The van der Waals surface area contributed by atoms with Gasteiger partial charge in [-0.2, -0.15) is 4.31 Å². The molecule has 2 aliphatic rings. The highest BCUT2D eigenvalue weighted by atomic mass is 35.5. The molecule has 2 heterocycles. The number of para-hydroxylation sites is 1. The van der Waals surface area contributed by atoms with Crippen LogP contribution in [-0.2, 0) is 16.6 Å². The number of pyridine rings is 1. The van der Waals surface area contributed by atoms with Gasteiger partial charge in [0.2, 0.25) is 10.0 Å². The first-order valence-corrected chi connectivity index (χ1v) is 13.0. The van der Waals surface area contributed by atoms with Crippen LogP contribution in [0.15, 0.2) is 52.2 Å². The molecule has 0 saturated heterocycles. The lowest BCUT2D eigenvalue weighted by Gasteiger charge is -2.31. The molecule has 1 fully saturated rings. The minimum atomic E-state index is -4.02. The predicted molar refractivity (Wildman–Crippen MR) is 138 cm³/mol. The Morgan fingerprint density at radius 2 is 2.00 bits per heavy atom. The first-order valence-electron chi connectivity index (χ1n) is 11.5. The summed E-state index contributed by atoms with van der Waals surface area (Å²) in [5.41, 5.74) is 2.52. The summed E-state index contributed by atoms with van der Waals surface area (Å²) in [6, 6.07) is 11.7. The number of fused-ring (bicyclic) bond motifs is 2. The largest absolute Gasteiger partial charge is 0.490 e. The molecule has 2 N–H and O–H groups in total. The number of benzene rings is 2. The topological polar surface area (TPSA) is 103 Å². The molecule has 5 rings (SSSR count). The van der Waals surface area contributed by atoms with Crippen molar-refractivity contribution in [1.29, 1.82) is 0 Å². The molecule has 0 unspecified atom stereocenters. The number of ether oxygens (including phenoxy) is 1. The van der Waals surface area contributed by atoms with E-state index >= 15 is 0 Å². The summed E-state index contributed by atoms with van der Waals surface area (Å²) >= 11 is 0. The molecule has 1 saturated carbocycles. The van der Waals surface area contributed by atoms with Crippen LogP contribution in [0.5, 0.6) is 5.75 Å². The molecule has 1 aliphatic carbocycles. The number of sulfonamides is 1. The number of hydrogen-bond donors (Lipinski definition) is 2. The van der Waals surface area contributed by atoms with Crippen molar-refractivity contribution in [3.8, 4) is 5.75 Å². The molecule has 1 aromatic heterocycles. The van der Waals surface area contributed by atoms with Crippen LogP contribution in [0.1, 0.15) is 30.4 Å². The Morgan fingerprint density at radius 1 is 1.20 bits per heavy atom. The van der Waals surface area contributed by atoms with Crippen molar-refractivity contribution in [3.05, 3.63) is 63.9 Å². The van der Waals surface area contributed by atoms with Crippen LogP contribution in [0.3, 0.4) is 0 Å². The molecular weight excluding hydrogens is 490 g/mol. The normalized spacial score (nSPS) is 19.9. The van der Waals surface area contributed by atoms with Gasteiger partial charge >= 0.3 is 0 Å². The fraction of sp³-hybridized carbons (Fsp3) is 0.400. The summed E-state index contributed by atoms with van der Waals surface area (Å²) in [5.74, 6) is 0.515. The van der Waals surface area contributed by atoms with E-state index in [-0.39, 0.29) is 29.4 Å². The average Bonchev–Trinajstić information content (AvgIpc) is 3.23. The summed E-state index contributed by atoms with van der Waals surface area (Å²) < 4.78 is 34.8. The van der Waals surface area contributed by atoms with E-state index in [2.05, 4.69) is 4.98 Å². The van der Waals surface area contributed by atoms with Crippen molar-refractivity contribution in [2.24, 2.45) is 0 Å². The lowest BCUT2D eigenvalue weighted by molar-refractivity contribution is 0.110. The predicted octanol–water partition coefficient (Wildman–Crippen LogP) is 3.19. The van der Waals surface area contributed by atoms with Crippen LogP contribution in [-0.4, -0.2) is 55.2 Å². The van der Waals surface area contributed by atoms with Crippen LogP contribution < -0.4 is 15.2 Å². The van der Waals surface area contributed by atoms with Crippen LogP contribution in [0.4, 0.5) is 5.69 Å². The lowest BCUT2D eigenvalue weighted by atomic mass is 10.1. The number of rotatable bonds is 5. The van der Waals surface area contributed by atoms with E-state index in [0.717, 1.165) is 35.1 Å². The summed E-state index contributed by atoms with van der Waals surface area (Å²) in [5, 5.41) is 11.5. The Labute approximate surface area is 211 Å². The zero-order valence-electron chi connectivity index (χ0n) is 19.7. The van der Waals surface area contributed by atoms with Crippen LogP contribution in [0, 0.1) is 6.92 Å². The van der Waals surface area contributed by atoms with Gasteiger partial charge in [-0.05, 0) is 55.3 Å². The van der Waals surface area contributed by atoms with Crippen molar-refractivity contribution in [1.82, 2.24) is 9.29 Å². The van der Waals surface area contributed by atoms with Gasteiger partial charge in [-0.25, -0.2) is 8.42 Å². The zero-order chi connectivity index (χ0) is 24.0. The van der Waals surface area contributed by atoms with Crippen molar-refractivity contribution in [2.45, 2.75) is 49.8 Å². The number of anilines is 1. The number of aromatic nitrogens is 1. The highest BCUT2D eigenvalue weighted by Gasteiger charge is 2.39. The number of aliphatic hydroxyl groups excluding tert-OH is 1. The van der Waals surface area contributed by atoms with E-state index in [4.69, 9.17) is 4.74 Å². The van der Waals surface area contributed by atoms with E-state index < -0.39 is 22.2 Å². The molecule has 1 aliphatic heterocycles. The summed E-state index contributed by atoms with van der Waals surface area (Å²) in [4.78, 5) is 18.0. The number of likely N-dealkylation sites (N-methyl/N-ethyl adjacent to an activating group) is 1. The molecule has 10 heteroatoms. The zero-order valence-corrected chi connectivity index (χ0v) is 21.4. The fourth-order valence-electron chi connectivity index (χ4n) is 4.99. The van der Waals surface area contributed by atoms with Gasteiger partial charge in [-0.3, -0.25) is 4.79 Å². The molecule has 0 spiro atoms. The first-order chi connectivity index (χ1) is 16.3. The lowest BCUT2D eigenvalue weighted by Crippen LogP contribution is -2.44. The summed E-state index contributed by atoms with van der Waals surface area (Å²) in [7, 11) is -2.09. The summed E-state index contributed by atoms with van der Waals surface area (Å²) in [6.45, 7) is 2.99. The Morgan fingerprint density at radius 3 is 2.74 bits per heavy atom. The Kier molecular flexibility index (Phi) is 7.15. The van der Waals surface area contributed by atoms with Gasteiger partial charge in [-0.1, -0.05) is 18.2 Å². The van der Waals surface area contributed by atoms with Crippen LogP contribution in [0.2, 0.25) is 0 Å². The van der Waals surface area contributed by atoms with Gasteiger partial charge in [0, 0.05) is 25.2 Å². The third-order valence-corrected chi connectivity index (χ3v) is 8.81. The number of H-pyrrole nitrogens is 1. The van der Waals surface area contributed by atoms with Gasteiger partial charge in [-0.15, -0.1) is 12.4 Å². The molecule has 0 bridgehead atoms. The van der Waals surface area contributed by atoms with Gasteiger partial charge < -0.3 is 19.7 Å². The molecular formula is C25H30ClN3O5S. The highest BCUT2D eigenvalue weighted by Crippen LogP contribution is 2.36. The molecule has 3 aromatic rings. The SMILES string of the molecule is Cc1cccc2cc(CN([C@H]3CCC[C@@H]3O)S(=O)(=O)c3ccc4c(c3)OCCN4C)c(=O)[nH]c12.Cl. The van der Waals surface area contributed by atoms with Gasteiger partial charge in [0.05, 0.1) is 34.8 Å². The number of halogens is 1. The second-order valence-corrected chi connectivity index (χ2v) is 11.1. The molecule has 2 atom stereocenters. The van der Waals surface area contributed by atoms with E-state index in [1.807, 2.05) is 37.1 Å². The standard InChI is InChI=1S/C25H29N3O5S.ClH/c1-16-5-3-6-17-13-18(25(30)26-24(16)17)15-28(20-7-4-8-22(20)29)34(31,32)19-9-10-21-23(14-19)33-12-11-27(21)2;/h3,5-6,9-10,13-14,20,22,29H,4,7-8,11-12,15H2,1-2H3,(H,26,30);1H/t20-,22-;/m0./s1. The Bertz CT molecular complexity index is 1410. The van der Waals surface area contributed by atoms with E-state index in [9.17, 15) is 18.3 Å². The van der Waals surface area contributed by atoms with Crippen LogP contribution >= 0.6 is 12.4 Å². The number of nitrogens with zero attached hydrogens (tertiary/aromatic N) is 2. The second kappa shape index (κ2) is 9.81. The number of aromatic amines is 1. The minimum Gasteiger partial charge on any atom is -0.490 e. The van der Waals surface area contributed by atoms with Gasteiger partial charge in [0.25, 0.3) is 5.56 Å². The monoisotopic (exact) mass is 519 g/mol. The quantitative estimate of drug-likeness (QED) is 0.536. The number of nitrogens with one attached hydrogen (secondary N) is 1. The average molecular weight is 520 g/mol. The molecule has 35 heavy (non-hydrogen) atoms. The van der Waals surface area contributed by atoms with Crippen molar-refractivity contribution >= 4 is 39.0 Å². The maximum atomic E-state index is 13.9. The number of aryl methyl sites for hydroxylation is 1. The van der Waals surface area contributed by atoms with Gasteiger partial charge in [0.1, 0.15) is 12.4 Å². The van der Waals surface area contributed by atoms with Crippen molar-refractivity contribution < 1.29 is 18.3 Å². The van der Waals surface area contributed by atoms with Crippen molar-refractivity contribution in [3.63, 3.8) is 0 Å². The molecule has 188 valence electrons. The van der Waals surface area contributed by atoms with Crippen molar-refractivity contribution in [2.75, 3.05) is 25.1 Å². The maximum Gasteiger partial charge on any atom is 0.252 e. The first kappa shape index (κ1) is 25.5. The van der Waals surface area contributed by atoms with E-state index in [1.54, 1.807) is 24.3 Å². The summed E-state index contributed by atoms with van der Waals surface area (Å²) in [6.07, 6.45) is 1.01. The number of aliphatic hydroxyl groups is 1. The highest BCUT2D eigenvalue weighted by molar-refractivity contribution is 7.89. The van der Waals surface area contributed by atoms with Crippen LogP contribution in [0.25, 0.3) is 10.9 Å².